The number of ether oxygens (including phenoxy) is 1. The number of nitrogens with zero attached hydrogens (tertiary/aromatic N) is 1. The number of halogens is 1. The first-order valence-electron chi connectivity index (χ1n) is 9.02. The molecule has 2 amide bonds. The minimum Gasteiger partial charge on any atom is -0.455 e. The van der Waals surface area contributed by atoms with Crippen LogP contribution in [0.25, 0.3) is 0 Å². The van der Waals surface area contributed by atoms with Crippen molar-refractivity contribution in [2.24, 2.45) is 0 Å². The molecular weight excluding hydrogens is 363 g/mol. The van der Waals surface area contributed by atoms with Gasteiger partial charge in [0.25, 0.3) is 11.8 Å². The maximum Gasteiger partial charge on any atom is 0.310 e. The molecule has 0 aliphatic heterocycles. The smallest absolute Gasteiger partial charge is 0.310 e. The van der Waals surface area contributed by atoms with E-state index in [9.17, 15) is 18.8 Å². The fourth-order valence-electron chi connectivity index (χ4n) is 2.60. The van der Waals surface area contributed by atoms with Crippen molar-refractivity contribution in [3.8, 4) is 0 Å². The van der Waals surface area contributed by atoms with Crippen molar-refractivity contribution in [2.45, 2.75) is 20.3 Å². The van der Waals surface area contributed by atoms with Crippen molar-refractivity contribution in [3.63, 3.8) is 0 Å². The molecule has 0 radical (unpaired) electrons. The fourth-order valence-corrected chi connectivity index (χ4v) is 2.60. The SMILES string of the molecule is CCN(CC)C(=O)c1ccc(NC(=O)COC(=O)Cc2cccc(F)c2)cc1. The second-order valence-electron chi connectivity index (χ2n) is 6.07. The summed E-state index contributed by atoms with van der Waals surface area (Å²) >= 11 is 0. The van der Waals surface area contributed by atoms with Gasteiger partial charge in [-0.3, -0.25) is 14.4 Å². The highest BCUT2D eigenvalue weighted by atomic mass is 19.1. The van der Waals surface area contributed by atoms with Crippen LogP contribution in [0, 0.1) is 5.82 Å². The number of benzene rings is 2. The molecule has 0 aliphatic rings. The Bertz CT molecular complexity index is 833. The third-order valence-corrected chi connectivity index (χ3v) is 4.07. The van der Waals surface area contributed by atoms with Gasteiger partial charge in [-0.1, -0.05) is 12.1 Å². The standard InChI is InChI=1S/C21H23FN2O4/c1-3-24(4-2)21(27)16-8-10-18(11-9-16)23-19(25)14-28-20(26)13-15-6-5-7-17(22)12-15/h5-12H,3-4,13-14H2,1-2H3,(H,23,25). The predicted molar refractivity (Wildman–Crippen MR) is 103 cm³/mol. The summed E-state index contributed by atoms with van der Waals surface area (Å²) in [7, 11) is 0. The Morgan fingerprint density at radius 1 is 1.04 bits per heavy atom. The van der Waals surface area contributed by atoms with Crippen LogP contribution in [-0.2, 0) is 20.7 Å². The highest BCUT2D eigenvalue weighted by Gasteiger charge is 2.13. The lowest BCUT2D eigenvalue weighted by Crippen LogP contribution is -2.30. The van der Waals surface area contributed by atoms with Crippen LogP contribution < -0.4 is 5.32 Å². The first-order chi connectivity index (χ1) is 13.4. The minimum absolute atomic E-state index is 0.0749. The van der Waals surface area contributed by atoms with Crippen LogP contribution >= 0.6 is 0 Å². The molecule has 2 rings (SSSR count). The Labute approximate surface area is 163 Å². The second kappa shape index (κ2) is 10.2. The molecule has 0 bridgehead atoms. The summed E-state index contributed by atoms with van der Waals surface area (Å²) < 4.78 is 18.0. The van der Waals surface area contributed by atoms with Gasteiger partial charge in [0, 0.05) is 24.3 Å². The van der Waals surface area contributed by atoms with Gasteiger partial charge in [0.05, 0.1) is 6.42 Å². The van der Waals surface area contributed by atoms with Gasteiger partial charge in [0.1, 0.15) is 5.82 Å². The second-order valence-corrected chi connectivity index (χ2v) is 6.07. The molecule has 0 aromatic heterocycles. The first-order valence-corrected chi connectivity index (χ1v) is 9.02. The molecule has 28 heavy (non-hydrogen) atoms. The van der Waals surface area contributed by atoms with E-state index in [1.807, 2.05) is 13.8 Å². The van der Waals surface area contributed by atoms with E-state index in [1.165, 1.54) is 18.2 Å². The van der Waals surface area contributed by atoms with Crippen molar-refractivity contribution in [2.75, 3.05) is 25.0 Å². The van der Waals surface area contributed by atoms with E-state index in [2.05, 4.69) is 5.32 Å². The van der Waals surface area contributed by atoms with Crippen LogP contribution in [0.2, 0.25) is 0 Å². The van der Waals surface area contributed by atoms with Crippen molar-refractivity contribution in [3.05, 3.63) is 65.5 Å². The third kappa shape index (κ3) is 6.19. The van der Waals surface area contributed by atoms with E-state index >= 15 is 0 Å². The Kier molecular flexibility index (Phi) is 7.68. The van der Waals surface area contributed by atoms with Gasteiger partial charge in [-0.15, -0.1) is 0 Å². The van der Waals surface area contributed by atoms with Gasteiger partial charge >= 0.3 is 5.97 Å². The molecule has 0 aliphatic carbocycles. The molecule has 0 spiro atoms. The highest BCUT2D eigenvalue weighted by molar-refractivity contribution is 5.96. The van der Waals surface area contributed by atoms with E-state index in [-0.39, 0.29) is 12.3 Å². The first kappa shape index (κ1) is 21.1. The van der Waals surface area contributed by atoms with E-state index in [4.69, 9.17) is 4.74 Å². The summed E-state index contributed by atoms with van der Waals surface area (Å²) in [4.78, 5) is 37.6. The lowest BCUT2D eigenvalue weighted by atomic mass is 10.1. The maximum absolute atomic E-state index is 13.1. The molecule has 6 nitrogen and oxygen atoms in total. The topological polar surface area (TPSA) is 75.7 Å². The lowest BCUT2D eigenvalue weighted by molar-refractivity contribution is -0.146. The number of amides is 2. The predicted octanol–water partition coefficient (Wildman–Crippen LogP) is 3.03. The highest BCUT2D eigenvalue weighted by Crippen LogP contribution is 2.12. The third-order valence-electron chi connectivity index (χ3n) is 4.07. The Hall–Kier alpha value is -3.22. The van der Waals surface area contributed by atoms with Crippen LogP contribution in [0.4, 0.5) is 10.1 Å². The molecule has 7 heteroatoms. The van der Waals surface area contributed by atoms with Gasteiger partial charge in [0.2, 0.25) is 0 Å². The molecule has 0 fully saturated rings. The molecule has 0 atom stereocenters. The zero-order valence-corrected chi connectivity index (χ0v) is 15.9. The van der Waals surface area contributed by atoms with Crippen molar-refractivity contribution < 1.29 is 23.5 Å². The minimum atomic E-state index is -0.624. The molecule has 0 saturated heterocycles. The summed E-state index contributed by atoms with van der Waals surface area (Å²) in [6.45, 7) is 4.61. The quantitative estimate of drug-likeness (QED) is 0.708. The maximum atomic E-state index is 13.1. The van der Waals surface area contributed by atoms with Crippen molar-refractivity contribution >= 4 is 23.5 Å². The van der Waals surface area contributed by atoms with Gasteiger partial charge in [-0.2, -0.15) is 0 Å². The Morgan fingerprint density at radius 2 is 1.71 bits per heavy atom. The molecule has 0 saturated carbocycles. The van der Waals surface area contributed by atoms with Gasteiger partial charge in [0.15, 0.2) is 6.61 Å². The number of esters is 1. The van der Waals surface area contributed by atoms with E-state index in [0.29, 0.717) is 29.9 Å². The van der Waals surface area contributed by atoms with E-state index in [1.54, 1.807) is 35.2 Å². The molecule has 148 valence electrons. The van der Waals surface area contributed by atoms with Gasteiger partial charge < -0.3 is 15.0 Å². The Morgan fingerprint density at radius 3 is 2.32 bits per heavy atom. The number of anilines is 1. The number of nitrogens with one attached hydrogen (secondary N) is 1. The molecule has 0 heterocycles. The van der Waals surface area contributed by atoms with Gasteiger partial charge in [-0.25, -0.2) is 4.39 Å². The molecular formula is C21H23FN2O4. The zero-order valence-electron chi connectivity index (χ0n) is 15.9. The summed E-state index contributed by atoms with van der Waals surface area (Å²) in [5.74, 6) is -1.64. The van der Waals surface area contributed by atoms with Crippen LogP contribution in [0.3, 0.4) is 0 Å². The summed E-state index contributed by atoms with van der Waals surface area (Å²) in [6, 6.07) is 12.1. The van der Waals surface area contributed by atoms with Crippen LogP contribution in [0.1, 0.15) is 29.8 Å². The number of rotatable bonds is 8. The van der Waals surface area contributed by atoms with E-state index < -0.39 is 24.3 Å². The zero-order chi connectivity index (χ0) is 20.5. The fraction of sp³-hybridized carbons (Fsp3) is 0.286. The molecule has 1 N–H and O–H groups in total. The average molecular weight is 386 g/mol. The lowest BCUT2D eigenvalue weighted by Gasteiger charge is -2.18. The number of hydrogen-bond donors (Lipinski definition) is 1. The van der Waals surface area contributed by atoms with Crippen LogP contribution in [0.15, 0.2) is 48.5 Å². The monoisotopic (exact) mass is 386 g/mol. The largest absolute Gasteiger partial charge is 0.455 e. The molecule has 2 aromatic rings. The molecule has 0 unspecified atom stereocenters. The average Bonchev–Trinajstić information content (AvgIpc) is 2.68. The van der Waals surface area contributed by atoms with Gasteiger partial charge in [-0.05, 0) is 55.8 Å². The number of hydrogen-bond acceptors (Lipinski definition) is 4. The van der Waals surface area contributed by atoms with Crippen molar-refractivity contribution in [1.82, 2.24) is 4.90 Å². The summed E-state index contributed by atoms with van der Waals surface area (Å²) in [5, 5.41) is 2.59. The molecule has 2 aromatic carbocycles. The van der Waals surface area contributed by atoms with Crippen LogP contribution in [0.5, 0.6) is 0 Å². The number of carbonyl (C=O) groups excluding carboxylic acids is 3. The number of carbonyl (C=O) groups is 3. The summed E-state index contributed by atoms with van der Waals surface area (Å²) in [6.07, 6.45) is -0.118. The Balaban J connectivity index is 1.82. The van der Waals surface area contributed by atoms with Crippen molar-refractivity contribution in [1.29, 1.82) is 0 Å². The van der Waals surface area contributed by atoms with Crippen LogP contribution in [-0.4, -0.2) is 42.4 Å². The normalized spacial score (nSPS) is 10.2. The van der Waals surface area contributed by atoms with E-state index in [0.717, 1.165) is 0 Å². The summed E-state index contributed by atoms with van der Waals surface area (Å²) in [5.41, 5.74) is 1.49.